The van der Waals surface area contributed by atoms with E-state index in [1.807, 2.05) is 0 Å². The lowest BCUT2D eigenvalue weighted by atomic mass is 9.69. The standard InChI is InChI=1S/C19H37NO/c1-14(2)16-7-8-18(13-20-15(3)4)17(12-16)9-10-19-6-5-11-21-19/h14-20H,5-13H2,1-4H3. The van der Waals surface area contributed by atoms with Gasteiger partial charge in [-0.3, -0.25) is 0 Å². The van der Waals surface area contributed by atoms with Crippen LogP contribution in [-0.2, 0) is 4.74 Å². The van der Waals surface area contributed by atoms with Gasteiger partial charge in [0.15, 0.2) is 0 Å². The van der Waals surface area contributed by atoms with Crippen LogP contribution < -0.4 is 5.32 Å². The molecule has 2 fully saturated rings. The van der Waals surface area contributed by atoms with Gasteiger partial charge in [-0.25, -0.2) is 0 Å². The highest BCUT2D eigenvalue weighted by molar-refractivity contribution is 4.84. The first kappa shape index (κ1) is 17.3. The van der Waals surface area contributed by atoms with Gasteiger partial charge in [-0.2, -0.15) is 0 Å². The zero-order valence-corrected chi connectivity index (χ0v) is 14.7. The van der Waals surface area contributed by atoms with Gasteiger partial charge >= 0.3 is 0 Å². The van der Waals surface area contributed by atoms with Gasteiger partial charge in [0.25, 0.3) is 0 Å². The van der Waals surface area contributed by atoms with Crippen LogP contribution in [0.25, 0.3) is 0 Å². The summed E-state index contributed by atoms with van der Waals surface area (Å²) in [5, 5.41) is 3.69. The summed E-state index contributed by atoms with van der Waals surface area (Å²) < 4.78 is 5.84. The molecule has 0 aromatic rings. The Bertz CT molecular complexity index is 283. The lowest BCUT2D eigenvalue weighted by Crippen LogP contribution is -2.37. The molecule has 0 radical (unpaired) electrons. The summed E-state index contributed by atoms with van der Waals surface area (Å²) in [5.74, 6) is 3.62. The number of hydrogen-bond donors (Lipinski definition) is 1. The van der Waals surface area contributed by atoms with Gasteiger partial charge in [0.05, 0.1) is 6.10 Å². The van der Waals surface area contributed by atoms with Crippen LogP contribution in [0, 0.1) is 23.7 Å². The lowest BCUT2D eigenvalue weighted by Gasteiger charge is -2.39. The van der Waals surface area contributed by atoms with E-state index >= 15 is 0 Å². The van der Waals surface area contributed by atoms with Crippen LogP contribution in [0.4, 0.5) is 0 Å². The summed E-state index contributed by atoms with van der Waals surface area (Å²) in [4.78, 5) is 0. The Morgan fingerprint density at radius 1 is 1.00 bits per heavy atom. The minimum Gasteiger partial charge on any atom is -0.378 e. The smallest absolute Gasteiger partial charge is 0.0576 e. The molecule has 1 aliphatic carbocycles. The molecule has 4 unspecified atom stereocenters. The largest absolute Gasteiger partial charge is 0.378 e. The zero-order chi connectivity index (χ0) is 15.2. The fraction of sp³-hybridized carbons (Fsp3) is 1.00. The third kappa shape index (κ3) is 5.56. The molecule has 2 heteroatoms. The van der Waals surface area contributed by atoms with Gasteiger partial charge in [0.2, 0.25) is 0 Å². The predicted molar refractivity (Wildman–Crippen MR) is 90.5 cm³/mol. The molecule has 0 spiro atoms. The average molecular weight is 296 g/mol. The van der Waals surface area contributed by atoms with Crippen molar-refractivity contribution in [2.45, 2.75) is 84.8 Å². The van der Waals surface area contributed by atoms with E-state index < -0.39 is 0 Å². The maximum Gasteiger partial charge on any atom is 0.0576 e. The first-order valence-electron chi connectivity index (χ1n) is 9.41. The second-order valence-electron chi connectivity index (χ2n) is 8.11. The van der Waals surface area contributed by atoms with Crippen molar-refractivity contribution in [3.05, 3.63) is 0 Å². The maximum atomic E-state index is 5.84. The maximum absolute atomic E-state index is 5.84. The molecule has 1 N–H and O–H groups in total. The van der Waals surface area contributed by atoms with E-state index in [2.05, 4.69) is 33.0 Å². The van der Waals surface area contributed by atoms with Crippen LogP contribution >= 0.6 is 0 Å². The van der Waals surface area contributed by atoms with Gasteiger partial charge in [-0.1, -0.05) is 27.7 Å². The molecule has 1 saturated carbocycles. The van der Waals surface area contributed by atoms with Gasteiger partial charge in [-0.15, -0.1) is 0 Å². The SMILES string of the molecule is CC(C)NCC1CCC(C(C)C)CC1CCC1CCCO1. The number of rotatable bonds is 7. The van der Waals surface area contributed by atoms with Gasteiger partial charge in [0.1, 0.15) is 0 Å². The first-order valence-corrected chi connectivity index (χ1v) is 9.41. The van der Waals surface area contributed by atoms with Crippen LogP contribution in [0.5, 0.6) is 0 Å². The summed E-state index contributed by atoms with van der Waals surface area (Å²) in [6.45, 7) is 11.6. The Morgan fingerprint density at radius 2 is 1.81 bits per heavy atom. The molecule has 124 valence electrons. The molecule has 4 atom stereocenters. The highest BCUT2D eigenvalue weighted by Gasteiger charge is 2.32. The van der Waals surface area contributed by atoms with Gasteiger partial charge in [0, 0.05) is 12.6 Å². The van der Waals surface area contributed by atoms with Crippen molar-refractivity contribution in [2.75, 3.05) is 13.2 Å². The highest BCUT2D eigenvalue weighted by atomic mass is 16.5. The first-order chi connectivity index (χ1) is 10.1. The Hall–Kier alpha value is -0.0800. The van der Waals surface area contributed by atoms with E-state index in [9.17, 15) is 0 Å². The topological polar surface area (TPSA) is 21.3 Å². The van der Waals surface area contributed by atoms with Crippen molar-refractivity contribution in [3.8, 4) is 0 Å². The van der Waals surface area contributed by atoms with Crippen LogP contribution in [0.2, 0.25) is 0 Å². The van der Waals surface area contributed by atoms with Crippen molar-refractivity contribution >= 4 is 0 Å². The minimum atomic E-state index is 0.572. The molecule has 1 saturated heterocycles. The second kappa shape index (κ2) is 8.53. The second-order valence-corrected chi connectivity index (χ2v) is 8.11. The van der Waals surface area contributed by atoms with Gasteiger partial charge in [-0.05, 0) is 75.2 Å². The van der Waals surface area contributed by atoms with Crippen LogP contribution in [0.1, 0.15) is 72.6 Å². The molecule has 0 aromatic heterocycles. The van der Waals surface area contributed by atoms with Crippen molar-refractivity contribution in [3.63, 3.8) is 0 Å². The Balaban J connectivity index is 1.84. The summed E-state index contributed by atoms with van der Waals surface area (Å²) in [5.41, 5.74) is 0. The predicted octanol–water partition coefficient (Wildman–Crippen LogP) is 4.63. The average Bonchev–Trinajstić information content (AvgIpc) is 2.96. The summed E-state index contributed by atoms with van der Waals surface area (Å²) in [7, 11) is 0. The van der Waals surface area contributed by atoms with Crippen LogP contribution in [-0.4, -0.2) is 25.3 Å². The van der Waals surface area contributed by atoms with Crippen LogP contribution in [0.3, 0.4) is 0 Å². The van der Waals surface area contributed by atoms with E-state index in [1.165, 1.54) is 51.5 Å². The third-order valence-electron chi connectivity index (χ3n) is 5.79. The highest BCUT2D eigenvalue weighted by Crippen LogP contribution is 2.40. The van der Waals surface area contributed by atoms with Crippen molar-refractivity contribution in [2.24, 2.45) is 23.7 Å². The molecule has 0 aromatic carbocycles. The number of ether oxygens (including phenoxy) is 1. The quantitative estimate of drug-likeness (QED) is 0.739. The fourth-order valence-electron chi connectivity index (χ4n) is 4.25. The van der Waals surface area contributed by atoms with Crippen molar-refractivity contribution in [1.29, 1.82) is 0 Å². The van der Waals surface area contributed by atoms with E-state index in [0.29, 0.717) is 12.1 Å². The fourth-order valence-corrected chi connectivity index (χ4v) is 4.25. The Morgan fingerprint density at radius 3 is 2.43 bits per heavy atom. The molecule has 2 aliphatic rings. The molecule has 2 rings (SSSR count). The van der Waals surface area contributed by atoms with Gasteiger partial charge < -0.3 is 10.1 Å². The number of hydrogen-bond acceptors (Lipinski definition) is 2. The van der Waals surface area contributed by atoms with Crippen LogP contribution in [0.15, 0.2) is 0 Å². The number of nitrogens with one attached hydrogen (secondary N) is 1. The van der Waals surface area contributed by atoms with E-state index in [4.69, 9.17) is 4.74 Å². The molecular weight excluding hydrogens is 258 g/mol. The van der Waals surface area contributed by atoms with Crippen molar-refractivity contribution < 1.29 is 4.74 Å². The molecule has 0 amide bonds. The monoisotopic (exact) mass is 295 g/mol. The summed E-state index contributed by atoms with van der Waals surface area (Å²) in [6.07, 6.45) is 10.2. The van der Waals surface area contributed by atoms with E-state index in [0.717, 1.165) is 30.3 Å². The molecule has 2 nitrogen and oxygen atoms in total. The normalized spacial score (nSPS) is 34.0. The molecule has 1 heterocycles. The Labute approximate surface area is 132 Å². The Kier molecular flexibility index (Phi) is 7.01. The minimum absolute atomic E-state index is 0.572. The molecule has 1 aliphatic heterocycles. The lowest BCUT2D eigenvalue weighted by molar-refractivity contribution is 0.0792. The van der Waals surface area contributed by atoms with E-state index in [-0.39, 0.29) is 0 Å². The van der Waals surface area contributed by atoms with E-state index in [1.54, 1.807) is 0 Å². The molecule has 0 bridgehead atoms. The molecule has 21 heavy (non-hydrogen) atoms. The molecular formula is C19H37NO. The summed E-state index contributed by atoms with van der Waals surface area (Å²) in [6, 6.07) is 0.617. The third-order valence-corrected chi connectivity index (χ3v) is 5.79. The van der Waals surface area contributed by atoms with Crippen molar-refractivity contribution in [1.82, 2.24) is 5.32 Å². The summed E-state index contributed by atoms with van der Waals surface area (Å²) >= 11 is 0. The zero-order valence-electron chi connectivity index (χ0n) is 14.7.